The van der Waals surface area contributed by atoms with Crippen LogP contribution in [0.1, 0.15) is 82.5 Å². The summed E-state index contributed by atoms with van der Waals surface area (Å²) in [6, 6.07) is 14.6. The van der Waals surface area contributed by atoms with E-state index in [2.05, 4.69) is 83.7 Å². The van der Waals surface area contributed by atoms with Crippen molar-refractivity contribution in [2.45, 2.75) is 109 Å². The van der Waals surface area contributed by atoms with E-state index in [9.17, 15) is 9.90 Å². The first-order valence-electron chi connectivity index (χ1n) is 15.9. The Morgan fingerprint density at radius 2 is 1.51 bits per heavy atom. The number of aryl methyl sites for hydroxylation is 5. The summed E-state index contributed by atoms with van der Waals surface area (Å²) in [5.41, 5.74) is 7.57. The van der Waals surface area contributed by atoms with Gasteiger partial charge < -0.3 is 5.11 Å². The normalized spacial score (nSPS) is 12.5. The van der Waals surface area contributed by atoms with Crippen molar-refractivity contribution in [1.82, 2.24) is 9.97 Å². The molecule has 0 saturated heterocycles. The molecule has 4 nitrogen and oxygen atoms in total. The molecule has 0 aliphatic heterocycles. The molecule has 4 aromatic rings. The van der Waals surface area contributed by atoms with Gasteiger partial charge in [-0.3, -0.25) is 9.78 Å². The van der Waals surface area contributed by atoms with Crippen molar-refractivity contribution in [3.05, 3.63) is 76.3 Å². The first-order valence-corrected chi connectivity index (χ1v) is 19.4. The van der Waals surface area contributed by atoms with Gasteiger partial charge in [-0.15, -0.1) is 34.9 Å². The van der Waals surface area contributed by atoms with Gasteiger partial charge in [0.1, 0.15) is 11.6 Å². The second-order valence-electron chi connectivity index (χ2n) is 14.7. The van der Waals surface area contributed by atoms with Gasteiger partial charge in [0.15, 0.2) is 5.78 Å². The maximum atomic E-state index is 11.8. The Bertz CT molecular complexity index is 1730. The molecule has 1 N–H and O–H groups in total. The van der Waals surface area contributed by atoms with Gasteiger partial charge in [0.25, 0.3) is 0 Å². The van der Waals surface area contributed by atoms with Crippen LogP contribution in [0.2, 0.25) is 19.6 Å². The number of benzene rings is 3. The maximum absolute atomic E-state index is 11.8. The summed E-state index contributed by atoms with van der Waals surface area (Å²) in [4.78, 5) is 21.6. The summed E-state index contributed by atoms with van der Waals surface area (Å²) in [5.74, 6) is 1.00. The number of allylic oxidation sites excluding steroid dienone is 2. The molecule has 0 atom stereocenters. The molecular formula is C39H53IrN2O2Si-. The monoisotopic (exact) mass is 802 g/mol. The summed E-state index contributed by atoms with van der Waals surface area (Å²) < 4.78 is 0. The minimum Gasteiger partial charge on any atom is -0.512 e. The van der Waals surface area contributed by atoms with E-state index >= 15 is 0 Å². The third-order valence-electron chi connectivity index (χ3n) is 9.08. The molecule has 0 bridgehead atoms. The number of aromatic nitrogens is 2. The number of hydrogen-bond acceptors (Lipinski definition) is 4. The van der Waals surface area contributed by atoms with E-state index in [1.165, 1.54) is 33.5 Å². The maximum Gasteiger partial charge on any atom is 0.164 e. The number of nitrogens with zero attached hydrogens (tertiary/aromatic N) is 2. The summed E-state index contributed by atoms with van der Waals surface area (Å²) in [7, 11) is -1.48. The van der Waals surface area contributed by atoms with Crippen LogP contribution in [0.25, 0.3) is 32.9 Å². The smallest absolute Gasteiger partial charge is 0.164 e. The van der Waals surface area contributed by atoms with E-state index in [0.717, 1.165) is 46.4 Å². The largest absolute Gasteiger partial charge is 0.512 e. The summed E-state index contributed by atoms with van der Waals surface area (Å²) in [5, 5.41) is 15.1. The van der Waals surface area contributed by atoms with Crippen LogP contribution in [0.15, 0.2) is 42.2 Å². The molecule has 0 unspecified atom stereocenters. The zero-order chi connectivity index (χ0) is 33.4. The van der Waals surface area contributed by atoms with Crippen molar-refractivity contribution in [1.29, 1.82) is 0 Å². The Kier molecular flexibility index (Phi) is 12.3. The van der Waals surface area contributed by atoms with Gasteiger partial charge >= 0.3 is 0 Å². The Balaban J connectivity index is 0.000000378. The molecule has 1 heterocycles. The average molecular weight is 802 g/mol. The zero-order valence-corrected chi connectivity index (χ0v) is 33.4. The molecule has 1 radical (unpaired) electrons. The molecule has 45 heavy (non-hydrogen) atoms. The van der Waals surface area contributed by atoms with Crippen LogP contribution in [0.4, 0.5) is 0 Å². The van der Waals surface area contributed by atoms with Crippen LogP contribution >= 0.6 is 0 Å². The Labute approximate surface area is 286 Å². The first kappa shape index (κ1) is 38.5. The fourth-order valence-electron chi connectivity index (χ4n) is 5.82. The van der Waals surface area contributed by atoms with Crippen LogP contribution in [0, 0.1) is 51.5 Å². The van der Waals surface area contributed by atoms with Crippen molar-refractivity contribution < 1.29 is 30.0 Å². The zero-order valence-electron chi connectivity index (χ0n) is 30.0. The number of rotatable bonds is 7. The van der Waals surface area contributed by atoms with Gasteiger partial charge in [-0.25, -0.2) is 4.98 Å². The van der Waals surface area contributed by atoms with Crippen molar-refractivity contribution in [2.75, 3.05) is 0 Å². The van der Waals surface area contributed by atoms with Crippen molar-refractivity contribution in [2.24, 2.45) is 10.8 Å². The standard InChI is InChI=1S/C26H29N2Si.C13H24O2.Ir/c1-15-11-16(2)13-21(12-15)24-22-10-9-20-14-17(3)26(29(6,7)8)18(4)23(20)25(22)28-19(5)27-24;1-7-12(3,4)10(14)9-11(15)13(5,6)8-2;/h9-12,14H,1-8H3;9,14H,7-8H2,1-6H3;/q-1;;/b;10-9-;. The summed E-state index contributed by atoms with van der Waals surface area (Å²) in [6.07, 6.45) is 2.99. The first-order chi connectivity index (χ1) is 20.2. The molecule has 0 saturated carbocycles. The van der Waals surface area contributed by atoms with Gasteiger partial charge in [0.2, 0.25) is 0 Å². The van der Waals surface area contributed by atoms with E-state index in [1.54, 1.807) is 5.19 Å². The molecule has 0 amide bonds. The molecule has 0 aliphatic rings. The van der Waals surface area contributed by atoms with E-state index < -0.39 is 8.07 Å². The van der Waals surface area contributed by atoms with Crippen molar-refractivity contribution in [3.63, 3.8) is 0 Å². The van der Waals surface area contributed by atoms with E-state index in [4.69, 9.17) is 9.97 Å². The molecular weight excluding hydrogens is 749 g/mol. The number of ketones is 1. The molecule has 0 fully saturated rings. The van der Waals surface area contributed by atoms with E-state index in [0.29, 0.717) is 0 Å². The molecule has 6 heteroatoms. The van der Waals surface area contributed by atoms with Crippen molar-refractivity contribution in [3.8, 4) is 11.3 Å². The van der Waals surface area contributed by atoms with Gasteiger partial charge in [-0.05, 0) is 55.6 Å². The Morgan fingerprint density at radius 1 is 0.911 bits per heavy atom. The van der Waals surface area contributed by atoms with E-state index in [1.807, 2.05) is 48.5 Å². The number of carbonyl (C=O) groups excluding carboxylic acids is 1. The summed E-state index contributed by atoms with van der Waals surface area (Å²) in [6.45, 7) is 29.7. The fraction of sp³-hybridized carbons (Fsp3) is 0.462. The Morgan fingerprint density at radius 3 is 2.04 bits per heavy atom. The van der Waals surface area contributed by atoms with Crippen LogP contribution in [-0.4, -0.2) is 28.9 Å². The number of aliphatic hydroxyl groups excluding tert-OH is 1. The SMILES string of the molecule is CCC(C)(C)C(=O)/C=C(\O)C(C)(C)CC.Cc1[c-]c(-c2nc(C)nc3c2ccc2cc(C)c([Si](C)(C)C)c(C)c23)cc(C)c1.[Ir]. The number of carbonyl (C=O) groups is 1. The molecule has 245 valence electrons. The minimum absolute atomic E-state index is 0. The third kappa shape index (κ3) is 8.58. The quantitative estimate of drug-likeness (QED) is 0.0665. The predicted molar refractivity (Wildman–Crippen MR) is 192 cm³/mol. The van der Waals surface area contributed by atoms with Gasteiger partial charge in [-0.2, -0.15) is 0 Å². The third-order valence-corrected chi connectivity index (χ3v) is 11.3. The minimum atomic E-state index is -1.48. The van der Waals surface area contributed by atoms with Crippen LogP contribution in [0.3, 0.4) is 0 Å². The molecule has 1 aromatic heterocycles. The average Bonchev–Trinajstić information content (AvgIpc) is 2.91. The second kappa shape index (κ2) is 14.4. The molecule has 4 rings (SSSR count). The van der Waals surface area contributed by atoms with E-state index in [-0.39, 0.29) is 42.5 Å². The fourth-order valence-corrected chi connectivity index (χ4v) is 8.32. The van der Waals surface area contributed by atoms with Gasteiger partial charge in [0.05, 0.1) is 13.6 Å². The number of hydrogen-bond donors (Lipinski definition) is 1. The topological polar surface area (TPSA) is 63.1 Å². The van der Waals surface area contributed by atoms with Gasteiger partial charge in [0, 0.05) is 42.4 Å². The van der Waals surface area contributed by atoms with Crippen molar-refractivity contribution >= 4 is 40.7 Å². The molecule has 0 spiro atoms. The Hall–Kier alpha value is -2.66. The second-order valence-corrected chi connectivity index (χ2v) is 19.7. The van der Waals surface area contributed by atoms with Gasteiger partial charge in [-0.1, -0.05) is 104 Å². The van der Waals surface area contributed by atoms with Crippen LogP contribution < -0.4 is 5.19 Å². The predicted octanol–water partition coefficient (Wildman–Crippen LogP) is 10.2. The number of fused-ring (bicyclic) bond motifs is 3. The number of aliphatic hydroxyl groups is 1. The summed E-state index contributed by atoms with van der Waals surface area (Å²) >= 11 is 0. The van der Waals surface area contributed by atoms with Crippen LogP contribution in [-0.2, 0) is 24.9 Å². The molecule has 3 aromatic carbocycles. The molecule has 0 aliphatic carbocycles. The van der Waals surface area contributed by atoms with Crippen LogP contribution in [0.5, 0.6) is 0 Å².